The van der Waals surface area contributed by atoms with E-state index in [2.05, 4.69) is 37.2 Å². The van der Waals surface area contributed by atoms with Gasteiger partial charge in [0.15, 0.2) is 5.96 Å². The van der Waals surface area contributed by atoms with Crippen LogP contribution < -0.4 is 11.1 Å². The smallest absolute Gasteiger partial charge is 0.188 e. The minimum absolute atomic E-state index is 0.424. The van der Waals surface area contributed by atoms with Crippen LogP contribution in [0.15, 0.2) is 23.8 Å². The lowest BCUT2D eigenvalue weighted by atomic mass is 10.1. The van der Waals surface area contributed by atoms with E-state index in [-0.39, 0.29) is 0 Å². The lowest BCUT2D eigenvalue weighted by Gasteiger charge is -2.09. The number of H-pyrrole nitrogens is 2. The van der Waals surface area contributed by atoms with Crippen molar-refractivity contribution in [2.45, 2.75) is 26.0 Å². The first-order chi connectivity index (χ1) is 11.1. The van der Waals surface area contributed by atoms with Crippen molar-refractivity contribution in [1.82, 2.24) is 25.3 Å². The van der Waals surface area contributed by atoms with E-state index in [1.54, 1.807) is 12.7 Å². The first-order valence-electron chi connectivity index (χ1n) is 7.72. The number of hydrogen-bond donors (Lipinski definition) is 4. The number of rotatable bonds is 9. The maximum Gasteiger partial charge on any atom is 0.188 e. The molecule has 0 saturated heterocycles. The van der Waals surface area contributed by atoms with Gasteiger partial charge in [0.25, 0.3) is 0 Å². The van der Waals surface area contributed by atoms with Crippen molar-refractivity contribution in [1.29, 1.82) is 0 Å². The van der Waals surface area contributed by atoms with Crippen LogP contribution in [0.4, 0.5) is 0 Å². The van der Waals surface area contributed by atoms with E-state index < -0.39 is 0 Å². The highest BCUT2D eigenvalue weighted by atomic mass is 32.2. The molecule has 0 bridgehead atoms. The highest BCUT2D eigenvalue weighted by Crippen LogP contribution is 2.11. The molecule has 0 aliphatic carbocycles. The third-order valence-corrected chi connectivity index (χ3v) is 4.39. The van der Waals surface area contributed by atoms with Crippen LogP contribution in [0.1, 0.15) is 24.0 Å². The number of thioether (sulfide) groups is 1. The van der Waals surface area contributed by atoms with Gasteiger partial charge in [-0.1, -0.05) is 6.92 Å². The number of nitrogens with one attached hydrogen (secondary N) is 3. The summed E-state index contributed by atoms with van der Waals surface area (Å²) in [5, 5.41) is 3.15. The summed E-state index contributed by atoms with van der Waals surface area (Å²) >= 11 is 1.83. The Morgan fingerprint density at radius 3 is 3.00 bits per heavy atom. The van der Waals surface area contributed by atoms with Gasteiger partial charge in [-0.2, -0.15) is 11.8 Å². The molecule has 23 heavy (non-hydrogen) atoms. The molecule has 0 saturated carbocycles. The van der Waals surface area contributed by atoms with E-state index in [0.717, 1.165) is 41.6 Å². The second-order valence-electron chi connectivity index (χ2n) is 5.57. The fraction of sp³-hybridized carbons (Fsp3) is 0.533. The van der Waals surface area contributed by atoms with Gasteiger partial charge in [0, 0.05) is 42.2 Å². The van der Waals surface area contributed by atoms with Crippen molar-refractivity contribution < 1.29 is 0 Å². The topological polar surface area (TPSA) is 108 Å². The van der Waals surface area contributed by atoms with E-state index in [0.29, 0.717) is 18.4 Å². The molecule has 0 aliphatic rings. The number of imidazole rings is 2. The molecule has 0 fully saturated rings. The van der Waals surface area contributed by atoms with Crippen molar-refractivity contribution in [3.05, 3.63) is 35.9 Å². The Balaban J connectivity index is 1.56. The largest absolute Gasteiger partial charge is 0.370 e. The third-order valence-electron chi connectivity index (χ3n) is 3.42. The zero-order chi connectivity index (χ0) is 16.5. The second kappa shape index (κ2) is 9.24. The number of aliphatic imine (C=N–C) groups is 1. The van der Waals surface area contributed by atoms with Gasteiger partial charge in [-0.25, -0.2) is 9.97 Å². The van der Waals surface area contributed by atoms with Crippen LogP contribution >= 0.6 is 11.8 Å². The maximum absolute atomic E-state index is 5.89. The highest BCUT2D eigenvalue weighted by molar-refractivity contribution is 7.98. The lowest BCUT2D eigenvalue weighted by Crippen LogP contribution is -2.33. The fourth-order valence-corrected chi connectivity index (χ4v) is 2.97. The zero-order valence-corrected chi connectivity index (χ0v) is 14.5. The number of guanidine groups is 1. The number of aromatic amines is 2. The summed E-state index contributed by atoms with van der Waals surface area (Å²) in [4.78, 5) is 18.9. The number of hydrogen-bond acceptors (Lipinski definition) is 4. The van der Waals surface area contributed by atoms with Crippen LogP contribution in [0.5, 0.6) is 0 Å². The summed E-state index contributed by atoms with van der Waals surface area (Å²) in [6.07, 6.45) is 6.21. The van der Waals surface area contributed by atoms with Crippen molar-refractivity contribution in [2.75, 3.05) is 18.8 Å². The van der Waals surface area contributed by atoms with Crippen LogP contribution in [0.25, 0.3) is 0 Å². The Hall–Kier alpha value is -1.96. The van der Waals surface area contributed by atoms with Crippen LogP contribution in [-0.2, 0) is 12.2 Å². The molecule has 2 aromatic heterocycles. The molecule has 5 N–H and O–H groups in total. The molecule has 0 amide bonds. The van der Waals surface area contributed by atoms with Gasteiger partial charge in [-0.15, -0.1) is 0 Å². The summed E-state index contributed by atoms with van der Waals surface area (Å²) < 4.78 is 0. The quantitative estimate of drug-likeness (QED) is 0.315. The van der Waals surface area contributed by atoms with Crippen LogP contribution in [-0.4, -0.2) is 44.7 Å². The Morgan fingerprint density at radius 2 is 2.30 bits per heavy atom. The lowest BCUT2D eigenvalue weighted by molar-refractivity contribution is 0.585. The normalized spacial score (nSPS) is 13.2. The molecule has 7 nitrogen and oxygen atoms in total. The molecular weight excluding hydrogens is 310 g/mol. The summed E-state index contributed by atoms with van der Waals surface area (Å²) in [6.45, 7) is 5.70. The van der Waals surface area contributed by atoms with Crippen LogP contribution in [0, 0.1) is 12.8 Å². The minimum Gasteiger partial charge on any atom is -0.370 e. The standard InChI is InChI=1S/C15H25N7S/c1-11(5-13-7-17-9-21-13)6-19-15(16)18-3-4-23-8-14-12(2)20-10-22-14/h7,9-11H,3-6,8H2,1-2H3,(H,17,21)(H,20,22)(H3,16,18,19). The average Bonchev–Trinajstić information content (AvgIpc) is 3.17. The molecule has 0 radical (unpaired) electrons. The molecule has 2 aromatic rings. The SMILES string of the molecule is Cc1[nH]cnc1CSCCNC(N)=NCC(C)Cc1cnc[nH]1. The van der Waals surface area contributed by atoms with Gasteiger partial charge in [-0.3, -0.25) is 4.99 Å². The van der Waals surface area contributed by atoms with Crippen molar-refractivity contribution in [2.24, 2.45) is 16.6 Å². The van der Waals surface area contributed by atoms with E-state index in [1.165, 1.54) is 0 Å². The van der Waals surface area contributed by atoms with Gasteiger partial charge in [0.2, 0.25) is 0 Å². The summed E-state index contributed by atoms with van der Waals surface area (Å²) in [7, 11) is 0. The number of aromatic nitrogens is 4. The Bertz CT molecular complexity index is 591. The van der Waals surface area contributed by atoms with Gasteiger partial charge in [0.1, 0.15) is 0 Å². The number of aryl methyl sites for hydroxylation is 1. The first kappa shape index (κ1) is 17.4. The van der Waals surface area contributed by atoms with Gasteiger partial charge < -0.3 is 21.0 Å². The number of nitrogens with zero attached hydrogens (tertiary/aromatic N) is 3. The van der Waals surface area contributed by atoms with Crippen LogP contribution in [0.3, 0.4) is 0 Å². The van der Waals surface area contributed by atoms with E-state index >= 15 is 0 Å². The fourth-order valence-electron chi connectivity index (χ4n) is 2.10. The summed E-state index contributed by atoms with van der Waals surface area (Å²) in [5.41, 5.74) is 9.27. The summed E-state index contributed by atoms with van der Waals surface area (Å²) in [6, 6.07) is 0. The molecule has 2 rings (SSSR count). The monoisotopic (exact) mass is 335 g/mol. The van der Waals surface area contributed by atoms with E-state index in [9.17, 15) is 0 Å². The van der Waals surface area contributed by atoms with Gasteiger partial charge in [0.05, 0.1) is 18.3 Å². The molecule has 8 heteroatoms. The molecule has 126 valence electrons. The van der Waals surface area contributed by atoms with Crippen molar-refractivity contribution in [3.63, 3.8) is 0 Å². The van der Waals surface area contributed by atoms with E-state index in [1.807, 2.05) is 24.9 Å². The molecule has 1 unspecified atom stereocenters. The predicted octanol–water partition coefficient (Wildman–Crippen LogP) is 1.46. The van der Waals surface area contributed by atoms with Crippen LogP contribution in [0.2, 0.25) is 0 Å². The third kappa shape index (κ3) is 6.35. The van der Waals surface area contributed by atoms with Crippen molar-refractivity contribution in [3.8, 4) is 0 Å². The van der Waals surface area contributed by atoms with E-state index in [4.69, 9.17) is 5.73 Å². The summed E-state index contributed by atoms with van der Waals surface area (Å²) in [5.74, 6) is 2.81. The predicted molar refractivity (Wildman–Crippen MR) is 95.4 cm³/mol. The first-order valence-corrected chi connectivity index (χ1v) is 8.88. The molecule has 0 spiro atoms. The van der Waals surface area contributed by atoms with Gasteiger partial charge in [-0.05, 0) is 19.3 Å². The van der Waals surface area contributed by atoms with Crippen molar-refractivity contribution >= 4 is 17.7 Å². The molecule has 2 heterocycles. The highest BCUT2D eigenvalue weighted by Gasteiger charge is 2.04. The number of nitrogens with two attached hydrogens (primary N) is 1. The second-order valence-corrected chi connectivity index (χ2v) is 6.67. The Kier molecular flexibility index (Phi) is 6.99. The zero-order valence-electron chi connectivity index (χ0n) is 13.7. The molecular formula is C15H25N7S. The molecule has 0 aliphatic heterocycles. The Labute approximate surface area is 141 Å². The average molecular weight is 335 g/mol. The Morgan fingerprint density at radius 1 is 1.43 bits per heavy atom. The maximum atomic E-state index is 5.89. The van der Waals surface area contributed by atoms with Gasteiger partial charge >= 0.3 is 0 Å². The molecule has 1 atom stereocenters. The minimum atomic E-state index is 0.424. The molecule has 0 aromatic carbocycles.